The van der Waals surface area contributed by atoms with E-state index in [1.54, 1.807) is 6.07 Å². The lowest BCUT2D eigenvalue weighted by Gasteiger charge is -2.04. The summed E-state index contributed by atoms with van der Waals surface area (Å²) in [5.41, 5.74) is 11.6. The fraction of sp³-hybridized carbons (Fsp3) is 0.200. The minimum absolute atomic E-state index is 0.0140. The average Bonchev–Trinajstić information content (AvgIpc) is 2.76. The van der Waals surface area contributed by atoms with Crippen molar-refractivity contribution in [1.82, 2.24) is 14.8 Å². The quantitative estimate of drug-likeness (QED) is 0.836. The lowest BCUT2D eigenvalue weighted by atomic mass is 10.2. The molecule has 1 aliphatic rings. The van der Waals surface area contributed by atoms with Gasteiger partial charge in [0, 0.05) is 0 Å². The molecule has 0 bridgehead atoms. The Bertz CT molecular complexity index is 643. The third kappa shape index (κ3) is 2.09. The molecule has 2 aromatic rings. The van der Waals surface area contributed by atoms with E-state index >= 15 is 0 Å². The van der Waals surface area contributed by atoms with Crippen molar-refractivity contribution in [2.45, 2.75) is 12.8 Å². The number of rotatable bonds is 2. The normalized spacial score (nSPS) is 15.7. The van der Waals surface area contributed by atoms with Gasteiger partial charge in [0.1, 0.15) is 0 Å². The second kappa shape index (κ2) is 3.70. The zero-order valence-electron chi connectivity index (χ0n) is 9.51. The molecule has 1 aromatic heterocycles. The molecule has 0 aliphatic carbocycles. The van der Waals surface area contributed by atoms with E-state index in [4.69, 9.17) is 11.5 Å². The number of nitrogens with zero attached hydrogens (tertiary/aromatic N) is 3. The molecule has 3 rings (SSSR count). The third-order valence-corrected chi connectivity index (χ3v) is 2.51. The molecule has 4 N–H and O–H groups in total. The fourth-order valence-electron chi connectivity index (χ4n) is 1.75. The van der Waals surface area contributed by atoms with Crippen molar-refractivity contribution in [2.24, 2.45) is 0 Å². The number of ether oxygens (including phenoxy) is 2. The zero-order valence-corrected chi connectivity index (χ0v) is 9.51. The van der Waals surface area contributed by atoms with E-state index in [1.165, 1.54) is 16.8 Å². The Labute approximate surface area is 105 Å². The molecule has 1 aromatic carbocycles. The topological polar surface area (TPSA) is 101 Å². The molecule has 0 unspecified atom stereocenters. The van der Waals surface area contributed by atoms with E-state index in [1.807, 2.05) is 0 Å². The molecular formula is C10H9F2N5O2. The highest BCUT2D eigenvalue weighted by Crippen LogP contribution is 2.41. The van der Waals surface area contributed by atoms with Gasteiger partial charge in [-0.3, -0.25) is 0 Å². The van der Waals surface area contributed by atoms with Gasteiger partial charge in [-0.15, -0.1) is 13.9 Å². The maximum absolute atomic E-state index is 12.9. The molecular weight excluding hydrogens is 260 g/mol. The summed E-state index contributed by atoms with van der Waals surface area (Å²) in [7, 11) is 0. The highest BCUT2D eigenvalue weighted by Gasteiger charge is 2.43. The van der Waals surface area contributed by atoms with Crippen LogP contribution in [0.2, 0.25) is 0 Å². The van der Waals surface area contributed by atoms with Gasteiger partial charge >= 0.3 is 6.29 Å². The highest BCUT2D eigenvalue weighted by molar-refractivity contribution is 5.45. The Kier molecular flexibility index (Phi) is 2.24. The van der Waals surface area contributed by atoms with E-state index in [-0.39, 0.29) is 29.9 Å². The molecule has 9 heteroatoms. The Morgan fingerprint density at radius 2 is 1.95 bits per heavy atom. The van der Waals surface area contributed by atoms with Crippen LogP contribution in [-0.2, 0) is 6.54 Å². The first-order chi connectivity index (χ1) is 8.93. The molecule has 0 saturated carbocycles. The van der Waals surface area contributed by atoms with Gasteiger partial charge in [0.25, 0.3) is 0 Å². The second-order valence-corrected chi connectivity index (χ2v) is 3.93. The number of nitrogen functional groups attached to an aromatic ring is 2. The largest absolute Gasteiger partial charge is 0.586 e. The molecule has 0 spiro atoms. The fourth-order valence-corrected chi connectivity index (χ4v) is 1.75. The molecule has 1 aliphatic heterocycles. The van der Waals surface area contributed by atoms with Gasteiger partial charge < -0.3 is 20.9 Å². The van der Waals surface area contributed by atoms with Crippen molar-refractivity contribution in [2.75, 3.05) is 11.5 Å². The first kappa shape index (κ1) is 11.5. The van der Waals surface area contributed by atoms with Crippen LogP contribution in [0.1, 0.15) is 5.56 Å². The molecule has 19 heavy (non-hydrogen) atoms. The highest BCUT2D eigenvalue weighted by atomic mass is 19.3. The summed E-state index contributed by atoms with van der Waals surface area (Å²) in [6, 6.07) is 4.41. The number of halogens is 2. The van der Waals surface area contributed by atoms with E-state index < -0.39 is 6.29 Å². The number of fused-ring (bicyclic) bond motifs is 1. The van der Waals surface area contributed by atoms with Gasteiger partial charge in [-0.1, -0.05) is 6.07 Å². The SMILES string of the molecule is Nc1nc(N)n(Cc2ccc3c(c2)OC(F)(F)O3)n1. The van der Waals surface area contributed by atoms with Crippen molar-refractivity contribution in [3.63, 3.8) is 0 Å². The van der Waals surface area contributed by atoms with Crippen molar-refractivity contribution >= 4 is 11.9 Å². The number of aromatic nitrogens is 3. The van der Waals surface area contributed by atoms with Crippen molar-refractivity contribution in [1.29, 1.82) is 0 Å². The molecule has 7 nitrogen and oxygen atoms in total. The minimum atomic E-state index is -3.63. The predicted molar refractivity (Wildman–Crippen MR) is 60.6 cm³/mol. The van der Waals surface area contributed by atoms with Crippen LogP contribution in [0.5, 0.6) is 11.5 Å². The summed E-state index contributed by atoms with van der Waals surface area (Å²) in [5.74, 6) is 0.138. The van der Waals surface area contributed by atoms with Gasteiger partial charge in [-0.2, -0.15) is 4.98 Å². The lowest BCUT2D eigenvalue weighted by Crippen LogP contribution is -2.25. The third-order valence-electron chi connectivity index (χ3n) is 2.51. The summed E-state index contributed by atoms with van der Waals surface area (Å²) in [5, 5.41) is 3.87. The van der Waals surface area contributed by atoms with Crippen LogP contribution in [0, 0.1) is 0 Å². The van der Waals surface area contributed by atoms with Crippen LogP contribution in [-0.4, -0.2) is 21.1 Å². The van der Waals surface area contributed by atoms with Crippen LogP contribution in [0.3, 0.4) is 0 Å². The monoisotopic (exact) mass is 269 g/mol. The number of nitrogens with two attached hydrogens (primary N) is 2. The summed E-state index contributed by atoms with van der Waals surface area (Å²) < 4.78 is 35.7. The molecule has 2 heterocycles. The van der Waals surface area contributed by atoms with E-state index in [0.717, 1.165) is 0 Å². The number of benzene rings is 1. The average molecular weight is 269 g/mol. The smallest absolute Gasteiger partial charge is 0.395 e. The molecule has 0 atom stereocenters. The van der Waals surface area contributed by atoms with E-state index in [0.29, 0.717) is 5.56 Å². The van der Waals surface area contributed by atoms with Crippen LogP contribution < -0.4 is 20.9 Å². The van der Waals surface area contributed by atoms with Gasteiger partial charge in [-0.25, -0.2) is 4.68 Å². The number of alkyl halides is 2. The Morgan fingerprint density at radius 3 is 2.63 bits per heavy atom. The van der Waals surface area contributed by atoms with Crippen molar-refractivity contribution in [3.05, 3.63) is 23.8 Å². The summed E-state index contributed by atoms with van der Waals surface area (Å²) >= 11 is 0. The number of anilines is 2. The van der Waals surface area contributed by atoms with Crippen molar-refractivity contribution in [3.8, 4) is 11.5 Å². The molecule has 0 amide bonds. The maximum atomic E-state index is 12.9. The Hall–Kier alpha value is -2.58. The number of hydrogen-bond donors (Lipinski definition) is 2. The minimum Gasteiger partial charge on any atom is -0.395 e. The molecule has 0 radical (unpaired) electrons. The van der Waals surface area contributed by atoms with Crippen LogP contribution in [0.4, 0.5) is 20.7 Å². The van der Waals surface area contributed by atoms with Crippen LogP contribution in [0.15, 0.2) is 18.2 Å². The zero-order chi connectivity index (χ0) is 13.6. The first-order valence-corrected chi connectivity index (χ1v) is 5.27. The molecule has 0 saturated heterocycles. The van der Waals surface area contributed by atoms with Crippen LogP contribution in [0.25, 0.3) is 0 Å². The van der Waals surface area contributed by atoms with E-state index in [2.05, 4.69) is 19.6 Å². The van der Waals surface area contributed by atoms with E-state index in [9.17, 15) is 8.78 Å². The standard InChI is InChI=1S/C10H9F2N5O2/c11-10(12)18-6-2-1-5(3-7(6)19-10)4-17-9(14)15-8(13)16-17/h1-3H,4H2,(H4,13,14,15,16). The predicted octanol–water partition coefficient (Wildman–Crippen LogP) is 0.812. The molecule has 0 fully saturated rings. The second-order valence-electron chi connectivity index (χ2n) is 3.93. The number of hydrogen-bond acceptors (Lipinski definition) is 6. The lowest BCUT2D eigenvalue weighted by molar-refractivity contribution is -0.286. The summed E-state index contributed by atoms with van der Waals surface area (Å²) in [4.78, 5) is 3.73. The van der Waals surface area contributed by atoms with Gasteiger partial charge in [0.05, 0.1) is 6.54 Å². The Morgan fingerprint density at radius 1 is 1.21 bits per heavy atom. The summed E-state index contributed by atoms with van der Waals surface area (Å²) in [6.07, 6.45) is -3.63. The van der Waals surface area contributed by atoms with Crippen LogP contribution >= 0.6 is 0 Å². The summed E-state index contributed by atoms with van der Waals surface area (Å²) in [6.45, 7) is 0.234. The van der Waals surface area contributed by atoms with Gasteiger partial charge in [0.2, 0.25) is 11.9 Å². The van der Waals surface area contributed by atoms with Crippen molar-refractivity contribution < 1.29 is 18.3 Å². The van der Waals surface area contributed by atoms with Gasteiger partial charge in [0.15, 0.2) is 11.5 Å². The molecule has 100 valence electrons. The maximum Gasteiger partial charge on any atom is 0.586 e. The first-order valence-electron chi connectivity index (χ1n) is 5.27. The van der Waals surface area contributed by atoms with Gasteiger partial charge in [-0.05, 0) is 17.7 Å². The Balaban J connectivity index is 1.86.